The minimum Gasteiger partial charge on any atom is -0.456 e. The Morgan fingerprint density at radius 2 is 1.95 bits per heavy atom. The second-order valence-corrected chi connectivity index (χ2v) is 4.94. The van der Waals surface area contributed by atoms with E-state index in [2.05, 4.69) is 0 Å². The molecule has 0 unspecified atom stereocenters. The van der Waals surface area contributed by atoms with Gasteiger partial charge in [0.25, 0.3) is 0 Å². The van der Waals surface area contributed by atoms with Crippen LogP contribution in [0.5, 0.6) is 11.5 Å². The summed E-state index contributed by atoms with van der Waals surface area (Å²) >= 11 is 5.07. The van der Waals surface area contributed by atoms with Crippen LogP contribution >= 0.6 is 12.2 Å². The molecule has 0 saturated carbocycles. The summed E-state index contributed by atoms with van der Waals surface area (Å²) in [7, 11) is 1.67. The Bertz CT molecular complexity index is 626. The minimum absolute atomic E-state index is 0.330. The van der Waals surface area contributed by atoms with Crippen molar-refractivity contribution in [2.24, 2.45) is 5.73 Å². The van der Waals surface area contributed by atoms with Crippen LogP contribution in [-0.2, 0) is 11.3 Å². The van der Waals surface area contributed by atoms with Crippen LogP contribution < -0.4 is 10.5 Å². The van der Waals surface area contributed by atoms with E-state index in [9.17, 15) is 0 Å². The highest BCUT2D eigenvalue weighted by Gasteiger charge is 2.10. The van der Waals surface area contributed by atoms with Crippen molar-refractivity contribution < 1.29 is 9.47 Å². The van der Waals surface area contributed by atoms with Gasteiger partial charge in [0.1, 0.15) is 16.5 Å². The number of thiocarbonyl (C=S) groups is 1. The van der Waals surface area contributed by atoms with Gasteiger partial charge in [0.05, 0.1) is 12.2 Å². The predicted molar refractivity (Wildman–Crippen MR) is 84.3 cm³/mol. The maximum Gasteiger partial charge on any atom is 0.140 e. The molecule has 0 radical (unpaired) electrons. The van der Waals surface area contributed by atoms with E-state index in [1.165, 1.54) is 0 Å². The topological polar surface area (TPSA) is 44.5 Å². The number of para-hydroxylation sites is 1. The van der Waals surface area contributed by atoms with Crippen LogP contribution in [-0.4, -0.2) is 12.1 Å². The molecule has 0 heterocycles. The molecule has 0 saturated heterocycles. The van der Waals surface area contributed by atoms with E-state index in [-0.39, 0.29) is 0 Å². The zero-order chi connectivity index (χ0) is 14.5. The van der Waals surface area contributed by atoms with Gasteiger partial charge in [-0.2, -0.15) is 0 Å². The summed E-state index contributed by atoms with van der Waals surface area (Å²) in [6.45, 7) is 2.52. The molecule has 0 aromatic heterocycles. The molecule has 4 heteroatoms. The van der Waals surface area contributed by atoms with Crippen LogP contribution in [0, 0.1) is 6.92 Å². The Morgan fingerprint density at radius 1 is 1.20 bits per heavy atom. The Morgan fingerprint density at radius 3 is 2.65 bits per heavy atom. The van der Waals surface area contributed by atoms with Crippen molar-refractivity contribution in [1.82, 2.24) is 0 Å². The third-order valence-electron chi connectivity index (χ3n) is 2.91. The first-order valence-corrected chi connectivity index (χ1v) is 6.68. The standard InChI is InChI=1S/C16H17NO2S/c1-11-5-3-8-14(16(17)20)15(11)19-13-7-4-6-12(9-13)10-18-2/h3-9H,10H2,1-2H3,(H2,17,20). The normalized spacial score (nSPS) is 10.3. The molecule has 0 atom stereocenters. The fourth-order valence-corrected chi connectivity index (χ4v) is 2.13. The van der Waals surface area contributed by atoms with Gasteiger partial charge in [-0.1, -0.05) is 36.5 Å². The van der Waals surface area contributed by atoms with Gasteiger partial charge in [-0.3, -0.25) is 0 Å². The van der Waals surface area contributed by atoms with E-state index in [1.54, 1.807) is 7.11 Å². The summed E-state index contributed by atoms with van der Waals surface area (Å²) in [5, 5.41) is 0. The molecule has 2 aromatic carbocycles. The zero-order valence-corrected chi connectivity index (χ0v) is 12.4. The van der Waals surface area contributed by atoms with E-state index >= 15 is 0 Å². The summed E-state index contributed by atoms with van der Waals surface area (Å²) in [6.07, 6.45) is 0. The molecule has 2 aromatic rings. The lowest BCUT2D eigenvalue weighted by Crippen LogP contribution is -2.11. The summed E-state index contributed by atoms with van der Waals surface area (Å²) < 4.78 is 11.1. The highest BCUT2D eigenvalue weighted by atomic mass is 32.1. The summed E-state index contributed by atoms with van der Waals surface area (Å²) in [6, 6.07) is 13.5. The number of hydrogen-bond donors (Lipinski definition) is 1. The van der Waals surface area contributed by atoms with Gasteiger partial charge >= 0.3 is 0 Å². The lowest BCUT2D eigenvalue weighted by Gasteiger charge is -2.13. The van der Waals surface area contributed by atoms with Crippen LogP contribution in [0.25, 0.3) is 0 Å². The second-order valence-electron chi connectivity index (χ2n) is 4.50. The first-order chi connectivity index (χ1) is 9.61. The highest BCUT2D eigenvalue weighted by Crippen LogP contribution is 2.29. The van der Waals surface area contributed by atoms with Gasteiger partial charge in [-0.25, -0.2) is 0 Å². The van der Waals surface area contributed by atoms with Gasteiger partial charge in [-0.05, 0) is 36.2 Å². The SMILES string of the molecule is COCc1cccc(Oc2c(C)cccc2C(N)=S)c1. The van der Waals surface area contributed by atoms with Crippen molar-refractivity contribution in [2.45, 2.75) is 13.5 Å². The highest BCUT2D eigenvalue weighted by molar-refractivity contribution is 7.80. The molecule has 0 fully saturated rings. The van der Waals surface area contributed by atoms with Gasteiger partial charge in [0.15, 0.2) is 0 Å². The Labute approximate surface area is 124 Å². The molecule has 3 nitrogen and oxygen atoms in total. The van der Waals surface area contributed by atoms with Crippen molar-refractivity contribution in [2.75, 3.05) is 7.11 Å². The van der Waals surface area contributed by atoms with E-state index < -0.39 is 0 Å². The number of benzene rings is 2. The van der Waals surface area contributed by atoms with Crippen molar-refractivity contribution >= 4 is 17.2 Å². The summed E-state index contributed by atoms with van der Waals surface area (Å²) in [4.78, 5) is 0.330. The fraction of sp³-hybridized carbons (Fsp3) is 0.188. The molecular weight excluding hydrogens is 270 g/mol. The number of rotatable bonds is 5. The van der Waals surface area contributed by atoms with E-state index in [4.69, 9.17) is 27.4 Å². The van der Waals surface area contributed by atoms with Gasteiger partial charge in [0.2, 0.25) is 0 Å². The molecule has 0 bridgehead atoms. The Balaban J connectivity index is 2.34. The lowest BCUT2D eigenvalue weighted by molar-refractivity contribution is 0.184. The maximum atomic E-state index is 5.97. The van der Waals surface area contributed by atoms with Gasteiger partial charge < -0.3 is 15.2 Å². The van der Waals surface area contributed by atoms with Crippen molar-refractivity contribution in [3.63, 3.8) is 0 Å². The monoisotopic (exact) mass is 287 g/mol. The lowest BCUT2D eigenvalue weighted by atomic mass is 10.1. The minimum atomic E-state index is 0.330. The quantitative estimate of drug-likeness (QED) is 0.854. The van der Waals surface area contributed by atoms with Crippen LogP contribution in [0.1, 0.15) is 16.7 Å². The number of aryl methyl sites for hydroxylation is 1. The molecule has 2 rings (SSSR count). The largest absolute Gasteiger partial charge is 0.456 e. The Kier molecular flexibility index (Phi) is 4.71. The number of methoxy groups -OCH3 is 1. The van der Waals surface area contributed by atoms with Crippen molar-refractivity contribution in [1.29, 1.82) is 0 Å². The predicted octanol–water partition coefficient (Wildman–Crippen LogP) is 3.57. The van der Waals surface area contributed by atoms with E-state index in [1.807, 2.05) is 49.4 Å². The molecule has 2 N–H and O–H groups in total. The Hall–Kier alpha value is -1.91. The molecule has 0 aliphatic rings. The average Bonchev–Trinajstić information content (AvgIpc) is 2.41. The van der Waals surface area contributed by atoms with E-state index in [0.29, 0.717) is 17.3 Å². The fourth-order valence-electron chi connectivity index (χ4n) is 1.97. The maximum absolute atomic E-state index is 5.97. The van der Waals surface area contributed by atoms with Crippen LogP contribution in [0.3, 0.4) is 0 Å². The summed E-state index contributed by atoms with van der Waals surface area (Å²) in [5.74, 6) is 1.45. The smallest absolute Gasteiger partial charge is 0.140 e. The molecular formula is C16H17NO2S. The van der Waals surface area contributed by atoms with Crippen molar-refractivity contribution in [3.05, 3.63) is 59.2 Å². The molecule has 0 spiro atoms. The van der Waals surface area contributed by atoms with Gasteiger partial charge in [-0.15, -0.1) is 0 Å². The average molecular weight is 287 g/mol. The van der Waals surface area contributed by atoms with Crippen LogP contribution in [0.15, 0.2) is 42.5 Å². The molecule has 0 aliphatic heterocycles. The third-order valence-corrected chi connectivity index (χ3v) is 3.13. The van der Waals surface area contributed by atoms with Crippen LogP contribution in [0.4, 0.5) is 0 Å². The molecule has 20 heavy (non-hydrogen) atoms. The van der Waals surface area contributed by atoms with Crippen LogP contribution in [0.2, 0.25) is 0 Å². The molecule has 0 amide bonds. The molecule has 104 valence electrons. The third kappa shape index (κ3) is 3.35. The number of hydrogen-bond acceptors (Lipinski definition) is 3. The number of nitrogens with two attached hydrogens (primary N) is 1. The number of ether oxygens (including phenoxy) is 2. The zero-order valence-electron chi connectivity index (χ0n) is 11.6. The first kappa shape index (κ1) is 14.5. The summed E-state index contributed by atoms with van der Waals surface area (Å²) in [5.41, 5.74) is 8.54. The second kappa shape index (κ2) is 6.50. The van der Waals surface area contributed by atoms with E-state index in [0.717, 1.165) is 22.4 Å². The van der Waals surface area contributed by atoms with Crippen molar-refractivity contribution in [3.8, 4) is 11.5 Å². The molecule has 0 aliphatic carbocycles. The van der Waals surface area contributed by atoms with Gasteiger partial charge in [0, 0.05) is 7.11 Å². The first-order valence-electron chi connectivity index (χ1n) is 6.27.